The first-order chi connectivity index (χ1) is 10.3. The SMILES string of the molecule is CCc1ccc(C2CNCCN2Cc2cn[nH]c2C)cc1.Cl. The largest absolute Gasteiger partial charge is 0.314 e. The van der Waals surface area contributed by atoms with E-state index in [4.69, 9.17) is 0 Å². The van der Waals surface area contributed by atoms with Crippen LogP contribution >= 0.6 is 12.4 Å². The maximum absolute atomic E-state index is 4.14. The van der Waals surface area contributed by atoms with Crippen LogP contribution in [0.15, 0.2) is 30.5 Å². The van der Waals surface area contributed by atoms with E-state index in [9.17, 15) is 0 Å². The molecule has 1 aromatic carbocycles. The first kappa shape index (κ1) is 17.0. The third-order valence-electron chi connectivity index (χ3n) is 4.43. The first-order valence-corrected chi connectivity index (χ1v) is 7.80. The molecule has 2 aromatic rings. The van der Waals surface area contributed by atoms with Gasteiger partial charge in [-0.2, -0.15) is 5.10 Å². The van der Waals surface area contributed by atoms with E-state index in [0.717, 1.165) is 32.6 Å². The molecule has 0 aliphatic carbocycles. The van der Waals surface area contributed by atoms with Crippen LogP contribution < -0.4 is 5.32 Å². The summed E-state index contributed by atoms with van der Waals surface area (Å²) in [5.41, 5.74) is 5.28. The number of hydrogen-bond acceptors (Lipinski definition) is 3. The quantitative estimate of drug-likeness (QED) is 0.910. The normalized spacial score (nSPS) is 18.9. The Labute approximate surface area is 138 Å². The van der Waals surface area contributed by atoms with E-state index in [0.29, 0.717) is 6.04 Å². The van der Waals surface area contributed by atoms with Gasteiger partial charge in [0, 0.05) is 43.5 Å². The first-order valence-electron chi connectivity index (χ1n) is 7.80. The van der Waals surface area contributed by atoms with Crippen molar-refractivity contribution in [3.63, 3.8) is 0 Å². The highest BCUT2D eigenvalue weighted by Crippen LogP contribution is 2.25. The number of nitrogens with one attached hydrogen (secondary N) is 2. The molecule has 1 fully saturated rings. The van der Waals surface area contributed by atoms with Crippen LogP contribution in [0.25, 0.3) is 0 Å². The summed E-state index contributed by atoms with van der Waals surface area (Å²) in [6.45, 7) is 8.40. The Morgan fingerprint density at radius 3 is 2.68 bits per heavy atom. The highest BCUT2D eigenvalue weighted by Gasteiger charge is 2.24. The van der Waals surface area contributed by atoms with Gasteiger partial charge < -0.3 is 5.32 Å². The average Bonchev–Trinajstić information content (AvgIpc) is 2.93. The van der Waals surface area contributed by atoms with Gasteiger partial charge in [0.1, 0.15) is 0 Å². The van der Waals surface area contributed by atoms with Gasteiger partial charge in [-0.25, -0.2) is 0 Å². The van der Waals surface area contributed by atoms with Crippen molar-refractivity contribution in [3.05, 3.63) is 52.8 Å². The molecule has 22 heavy (non-hydrogen) atoms. The predicted molar refractivity (Wildman–Crippen MR) is 92.4 cm³/mol. The van der Waals surface area contributed by atoms with Crippen LogP contribution in [0.1, 0.15) is 35.3 Å². The number of halogens is 1. The number of aromatic nitrogens is 2. The van der Waals surface area contributed by atoms with E-state index in [1.807, 2.05) is 6.20 Å². The van der Waals surface area contributed by atoms with Gasteiger partial charge in [-0.05, 0) is 24.5 Å². The smallest absolute Gasteiger partial charge is 0.0535 e. The molecule has 1 aromatic heterocycles. The molecule has 0 saturated carbocycles. The third kappa shape index (κ3) is 3.69. The maximum Gasteiger partial charge on any atom is 0.0535 e. The molecule has 1 atom stereocenters. The predicted octanol–water partition coefficient (Wildman–Crippen LogP) is 2.85. The molecule has 3 rings (SSSR count). The Morgan fingerprint density at radius 2 is 2.05 bits per heavy atom. The van der Waals surface area contributed by atoms with Gasteiger partial charge in [0.2, 0.25) is 0 Å². The second-order valence-electron chi connectivity index (χ2n) is 5.81. The minimum Gasteiger partial charge on any atom is -0.314 e. The summed E-state index contributed by atoms with van der Waals surface area (Å²) in [6.07, 6.45) is 3.05. The summed E-state index contributed by atoms with van der Waals surface area (Å²) >= 11 is 0. The average molecular weight is 321 g/mol. The summed E-state index contributed by atoms with van der Waals surface area (Å²) < 4.78 is 0. The lowest BCUT2D eigenvalue weighted by molar-refractivity contribution is 0.153. The number of benzene rings is 1. The molecule has 5 heteroatoms. The highest BCUT2D eigenvalue weighted by atomic mass is 35.5. The topological polar surface area (TPSA) is 44.0 Å². The molecule has 1 saturated heterocycles. The van der Waals surface area contributed by atoms with Crippen molar-refractivity contribution in [2.24, 2.45) is 0 Å². The molecule has 0 amide bonds. The lowest BCUT2D eigenvalue weighted by atomic mass is 10.0. The zero-order valence-corrected chi connectivity index (χ0v) is 14.1. The van der Waals surface area contributed by atoms with Crippen molar-refractivity contribution in [1.82, 2.24) is 20.4 Å². The highest BCUT2D eigenvalue weighted by molar-refractivity contribution is 5.85. The zero-order valence-electron chi connectivity index (χ0n) is 13.3. The minimum atomic E-state index is 0. The summed E-state index contributed by atoms with van der Waals surface area (Å²) in [7, 11) is 0. The van der Waals surface area contributed by atoms with Crippen LogP contribution in [0.2, 0.25) is 0 Å². The van der Waals surface area contributed by atoms with Crippen LogP contribution in [0.3, 0.4) is 0 Å². The number of H-pyrrole nitrogens is 1. The Morgan fingerprint density at radius 1 is 1.27 bits per heavy atom. The Hall–Kier alpha value is -1.36. The molecule has 0 radical (unpaired) electrons. The van der Waals surface area contributed by atoms with Crippen molar-refractivity contribution in [1.29, 1.82) is 0 Å². The van der Waals surface area contributed by atoms with E-state index in [-0.39, 0.29) is 12.4 Å². The Balaban J connectivity index is 0.00000176. The van der Waals surface area contributed by atoms with Crippen LogP contribution in [0.4, 0.5) is 0 Å². The Kier molecular flexibility index (Phi) is 6.00. The van der Waals surface area contributed by atoms with Crippen molar-refractivity contribution in [2.45, 2.75) is 32.9 Å². The molecular weight excluding hydrogens is 296 g/mol. The van der Waals surface area contributed by atoms with Gasteiger partial charge in [0.25, 0.3) is 0 Å². The van der Waals surface area contributed by atoms with Crippen LogP contribution in [0.5, 0.6) is 0 Å². The molecule has 1 unspecified atom stereocenters. The van der Waals surface area contributed by atoms with E-state index in [1.54, 1.807) is 0 Å². The van der Waals surface area contributed by atoms with Crippen LogP contribution in [-0.2, 0) is 13.0 Å². The Bertz CT molecular complexity index is 579. The number of aromatic amines is 1. The summed E-state index contributed by atoms with van der Waals surface area (Å²) in [5.74, 6) is 0. The number of piperazine rings is 1. The van der Waals surface area contributed by atoms with E-state index in [2.05, 4.69) is 58.5 Å². The standard InChI is InChI=1S/C17H24N4.ClH/c1-3-14-4-6-15(7-5-14)17-11-18-8-9-21(17)12-16-10-19-20-13(16)2;/h4-7,10,17-18H,3,8-9,11-12H2,1-2H3,(H,19,20);1H. The number of hydrogen-bond donors (Lipinski definition) is 2. The minimum absolute atomic E-state index is 0. The van der Waals surface area contributed by atoms with Crippen molar-refractivity contribution in [3.8, 4) is 0 Å². The molecular formula is C17H25ClN4. The van der Waals surface area contributed by atoms with Gasteiger partial charge in [0.05, 0.1) is 6.20 Å². The van der Waals surface area contributed by atoms with Crippen molar-refractivity contribution in [2.75, 3.05) is 19.6 Å². The van der Waals surface area contributed by atoms with E-state index >= 15 is 0 Å². The fraction of sp³-hybridized carbons (Fsp3) is 0.471. The zero-order chi connectivity index (χ0) is 14.7. The molecule has 2 heterocycles. The molecule has 1 aliphatic heterocycles. The molecule has 0 spiro atoms. The van der Waals surface area contributed by atoms with Gasteiger partial charge >= 0.3 is 0 Å². The molecule has 1 aliphatic rings. The third-order valence-corrected chi connectivity index (χ3v) is 4.43. The number of aryl methyl sites for hydroxylation is 2. The molecule has 4 nitrogen and oxygen atoms in total. The van der Waals surface area contributed by atoms with Gasteiger partial charge in [-0.1, -0.05) is 31.2 Å². The fourth-order valence-corrected chi connectivity index (χ4v) is 2.99. The summed E-state index contributed by atoms with van der Waals surface area (Å²) in [6, 6.07) is 9.52. The summed E-state index contributed by atoms with van der Waals surface area (Å²) in [4.78, 5) is 2.55. The molecule has 2 N–H and O–H groups in total. The maximum atomic E-state index is 4.14. The fourth-order valence-electron chi connectivity index (χ4n) is 2.99. The summed E-state index contributed by atoms with van der Waals surface area (Å²) in [5, 5.41) is 10.7. The lowest BCUT2D eigenvalue weighted by Crippen LogP contribution is -2.45. The second kappa shape index (κ2) is 7.77. The van der Waals surface area contributed by atoms with Crippen LogP contribution in [0, 0.1) is 6.92 Å². The monoisotopic (exact) mass is 320 g/mol. The molecule has 0 bridgehead atoms. The number of rotatable bonds is 4. The van der Waals surface area contributed by atoms with Gasteiger partial charge in [-0.3, -0.25) is 10.00 Å². The lowest BCUT2D eigenvalue weighted by Gasteiger charge is -2.36. The van der Waals surface area contributed by atoms with Gasteiger partial charge in [-0.15, -0.1) is 12.4 Å². The number of nitrogens with zero attached hydrogens (tertiary/aromatic N) is 2. The van der Waals surface area contributed by atoms with E-state index in [1.165, 1.54) is 22.4 Å². The second-order valence-corrected chi connectivity index (χ2v) is 5.81. The van der Waals surface area contributed by atoms with Gasteiger partial charge in [0.15, 0.2) is 0 Å². The van der Waals surface area contributed by atoms with E-state index < -0.39 is 0 Å². The van der Waals surface area contributed by atoms with Crippen molar-refractivity contribution >= 4 is 12.4 Å². The van der Waals surface area contributed by atoms with Crippen LogP contribution in [-0.4, -0.2) is 34.7 Å². The molecule has 120 valence electrons. The van der Waals surface area contributed by atoms with Crippen molar-refractivity contribution < 1.29 is 0 Å².